The SMILES string of the molecule is CCc1c(O)c(CC)c(Cl)c(CCl)c1Cl. The number of phenolic OH excluding ortho intramolecular Hbond substituents is 1. The number of aromatic hydroxyl groups is 1. The maximum atomic E-state index is 9.96. The number of hydrogen-bond donors (Lipinski definition) is 1. The van der Waals surface area contributed by atoms with Gasteiger partial charge in [0.2, 0.25) is 0 Å². The summed E-state index contributed by atoms with van der Waals surface area (Å²) in [5, 5.41) is 10.9. The highest BCUT2D eigenvalue weighted by atomic mass is 35.5. The summed E-state index contributed by atoms with van der Waals surface area (Å²) in [7, 11) is 0. The molecule has 0 radical (unpaired) electrons. The van der Waals surface area contributed by atoms with Crippen molar-refractivity contribution in [2.24, 2.45) is 0 Å². The van der Waals surface area contributed by atoms with Crippen LogP contribution in [0.25, 0.3) is 0 Å². The van der Waals surface area contributed by atoms with E-state index in [9.17, 15) is 5.11 Å². The fourth-order valence-corrected chi connectivity index (χ4v) is 2.83. The Labute approximate surface area is 105 Å². The minimum Gasteiger partial charge on any atom is -0.507 e. The predicted molar refractivity (Wildman–Crippen MR) is 66.4 cm³/mol. The minimum absolute atomic E-state index is 0.212. The van der Waals surface area contributed by atoms with Gasteiger partial charge in [0.1, 0.15) is 5.75 Å². The summed E-state index contributed by atoms with van der Waals surface area (Å²) < 4.78 is 0. The summed E-state index contributed by atoms with van der Waals surface area (Å²) in [6.45, 7) is 3.87. The van der Waals surface area contributed by atoms with E-state index in [1.54, 1.807) is 0 Å². The lowest BCUT2D eigenvalue weighted by Crippen LogP contribution is -1.97. The largest absolute Gasteiger partial charge is 0.507 e. The number of rotatable bonds is 3. The first-order chi connectivity index (χ1) is 7.08. The van der Waals surface area contributed by atoms with Crippen molar-refractivity contribution in [3.05, 3.63) is 26.7 Å². The van der Waals surface area contributed by atoms with Gasteiger partial charge in [0.25, 0.3) is 0 Å². The summed E-state index contributed by atoms with van der Waals surface area (Å²) in [5.74, 6) is 0.474. The lowest BCUT2D eigenvalue weighted by atomic mass is 10.0. The molecule has 1 N–H and O–H groups in total. The normalized spacial score (nSPS) is 10.7. The van der Waals surface area contributed by atoms with Crippen LogP contribution in [-0.4, -0.2) is 5.11 Å². The van der Waals surface area contributed by atoms with E-state index in [4.69, 9.17) is 34.8 Å². The van der Waals surface area contributed by atoms with Crippen molar-refractivity contribution < 1.29 is 5.11 Å². The van der Waals surface area contributed by atoms with E-state index in [0.29, 0.717) is 28.5 Å². The van der Waals surface area contributed by atoms with Crippen molar-refractivity contribution >= 4 is 34.8 Å². The third-order valence-electron chi connectivity index (χ3n) is 2.47. The number of phenols is 1. The van der Waals surface area contributed by atoms with E-state index in [2.05, 4.69) is 0 Å². The zero-order chi connectivity index (χ0) is 11.6. The van der Waals surface area contributed by atoms with Crippen LogP contribution < -0.4 is 0 Å². The molecule has 0 unspecified atom stereocenters. The summed E-state index contributed by atoms with van der Waals surface area (Å²) >= 11 is 18.0. The van der Waals surface area contributed by atoms with Gasteiger partial charge in [0.05, 0.1) is 15.9 Å². The summed E-state index contributed by atoms with van der Waals surface area (Å²) in [6.07, 6.45) is 1.33. The molecule has 1 aromatic carbocycles. The Morgan fingerprint density at radius 2 is 1.33 bits per heavy atom. The molecule has 0 atom stereocenters. The lowest BCUT2D eigenvalue weighted by Gasteiger charge is -2.15. The molecule has 0 aliphatic carbocycles. The average molecular weight is 268 g/mol. The van der Waals surface area contributed by atoms with Crippen LogP contribution in [0.1, 0.15) is 30.5 Å². The van der Waals surface area contributed by atoms with Crippen LogP contribution in [0.3, 0.4) is 0 Å². The summed E-state index contributed by atoms with van der Waals surface area (Å²) in [5.41, 5.74) is 2.17. The molecule has 1 aromatic rings. The van der Waals surface area contributed by atoms with E-state index in [-0.39, 0.29) is 11.6 Å². The molecule has 1 nitrogen and oxygen atoms in total. The number of benzene rings is 1. The van der Waals surface area contributed by atoms with Crippen LogP contribution >= 0.6 is 34.8 Å². The van der Waals surface area contributed by atoms with Gasteiger partial charge in [-0.3, -0.25) is 0 Å². The molecule has 0 heterocycles. The zero-order valence-electron chi connectivity index (χ0n) is 8.70. The first kappa shape index (κ1) is 13.0. The van der Waals surface area contributed by atoms with E-state index >= 15 is 0 Å². The van der Waals surface area contributed by atoms with E-state index in [1.165, 1.54) is 0 Å². The topological polar surface area (TPSA) is 20.2 Å². The summed E-state index contributed by atoms with van der Waals surface area (Å²) in [6, 6.07) is 0. The Kier molecular flexibility index (Phi) is 4.57. The Balaban J connectivity index is 3.57. The van der Waals surface area contributed by atoms with Crippen LogP contribution in [0.2, 0.25) is 10.0 Å². The zero-order valence-corrected chi connectivity index (χ0v) is 11.0. The fourth-order valence-electron chi connectivity index (χ4n) is 1.61. The smallest absolute Gasteiger partial charge is 0.124 e. The van der Waals surface area contributed by atoms with Crippen molar-refractivity contribution in [3.8, 4) is 5.75 Å². The Bertz CT molecular complexity index is 296. The number of hydrogen-bond acceptors (Lipinski definition) is 1. The highest BCUT2D eigenvalue weighted by Crippen LogP contribution is 2.40. The van der Waals surface area contributed by atoms with Crippen LogP contribution in [-0.2, 0) is 18.7 Å². The third-order valence-corrected chi connectivity index (χ3v) is 3.65. The standard InChI is InChI=1S/C11H13Cl3O/c1-3-6-9(13)8(5-12)10(14)7(4-2)11(6)15/h15H,3-5H2,1-2H3. The quantitative estimate of drug-likeness (QED) is 0.796. The fraction of sp³-hybridized carbons (Fsp3) is 0.455. The molecule has 0 bridgehead atoms. The van der Waals surface area contributed by atoms with Crippen LogP contribution in [0.15, 0.2) is 0 Å². The molecule has 0 amide bonds. The minimum atomic E-state index is 0.212. The highest BCUT2D eigenvalue weighted by molar-refractivity contribution is 6.38. The van der Waals surface area contributed by atoms with Gasteiger partial charge in [-0.15, -0.1) is 11.6 Å². The summed E-state index contributed by atoms with van der Waals surface area (Å²) in [4.78, 5) is 0. The van der Waals surface area contributed by atoms with E-state index < -0.39 is 0 Å². The molecule has 15 heavy (non-hydrogen) atoms. The van der Waals surface area contributed by atoms with Crippen LogP contribution in [0, 0.1) is 0 Å². The van der Waals surface area contributed by atoms with Gasteiger partial charge >= 0.3 is 0 Å². The van der Waals surface area contributed by atoms with E-state index in [0.717, 1.165) is 11.1 Å². The molecule has 0 aliphatic rings. The first-order valence-electron chi connectivity index (χ1n) is 4.84. The number of alkyl halides is 1. The van der Waals surface area contributed by atoms with Gasteiger partial charge in [-0.1, -0.05) is 37.0 Å². The highest BCUT2D eigenvalue weighted by Gasteiger charge is 2.18. The van der Waals surface area contributed by atoms with Crippen molar-refractivity contribution in [2.45, 2.75) is 32.6 Å². The average Bonchev–Trinajstić information content (AvgIpc) is 2.19. The molecule has 0 fully saturated rings. The second-order valence-corrected chi connectivity index (χ2v) is 4.28. The van der Waals surface area contributed by atoms with Crippen molar-refractivity contribution in [1.29, 1.82) is 0 Å². The second-order valence-electron chi connectivity index (χ2n) is 3.25. The molecule has 1 rings (SSSR count). The molecule has 0 saturated heterocycles. The van der Waals surface area contributed by atoms with Gasteiger partial charge in [-0.2, -0.15) is 0 Å². The molecule has 0 aromatic heterocycles. The predicted octanol–water partition coefficient (Wildman–Crippen LogP) is 4.56. The maximum Gasteiger partial charge on any atom is 0.124 e. The third kappa shape index (κ3) is 2.20. The molecule has 0 spiro atoms. The van der Waals surface area contributed by atoms with Gasteiger partial charge in [0.15, 0.2) is 0 Å². The first-order valence-corrected chi connectivity index (χ1v) is 6.13. The second kappa shape index (κ2) is 5.29. The number of halogens is 3. The maximum absolute atomic E-state index is 9.96. The van der Waals surface area contributed by atoms with Gasteiger partial charge in [-0.05, 0) is 12.8 Å². The van der Waals surface area contributed by atoms with Gasteiger partial charge in [-0.25, -0.2) is 0 Å². The van der Waals surface area contributed by atoms with Crippen molar-refractivity contribution in [3.63, 3.8) is 0 Å². The van der Waals surface area contributed by atoms with Crippen molar-refractivity contribution in [2.75, 3.05) is 0 Å². The van der Waals surface area contributed by atoms with Crippen LogP contribution in [0.4, 0.5) is 0 Å². The molecule has 0 saturated carbocycles. The van der Waals surface area contributed by atoms with Crippen molar-refractivity contribution in [1.82, 2.24) is 0 Å². The van der Waals surface area contributed by atoms with Gasteiger partial charge < -0.3 is 5.11 Å². The molecule has 4 heteroatoms. The molecular weight excluding hydrogens is 254 g/mol. The molecule has 0 aliphatic heterocycles. The lowest BCUT2D eigenvalue weighted by molar-refractivity contribution is 0.462. The monoisotopic (exact) mass is 266 g/mol. The van der Waals surface area contributed by atoms with E-state index in [1.807, 2.05) is 13.8 Å². The van der Waals surface area contributed by atoms with Crippen LogP contribution in [0.5, 0.6) is 5.75 Å². The molecule has 84 valence electrons. The Hall–Kier alpha value is -0.110. The van der Waals surface area contributed by atoms with Gasteiger partial charge in [0, 0.05) is 16.7 Å². The Morgan fingerprint density at radius 3 is 1.60 bits per heavy atom. The molecular formula is C11H13Cl3O. The Morgan fingerprint density at radius 1 is 0.933 bits per heavy atom.